The third kappa shape index (κ3) is 3.16. The molecule has 9 heteroatoms. The second-order valence-electron chi connectivity index (χ2n) is 6.58. The molecule has 2 aromatic rings. The van der Waals surface area contributed by atoms with E-state index in [0.29, 0.717) is 37.7 Å². The van der Waals surface area contributed by atoms with Crippen molar-refractivity contribution in [2.24, 2.45) is 0 Å². The summed E-state index contributed by atoms with van der Waals surface area (Å²) in [5.74, 6) is 1.24. The van der Waals surface area contributed by atoms with Crippen molar-refractivity contribution in [1.82, 2.24) is 18.6 Å². The van der Waals surface area contributed by atoms with Crippen LogP contribution < -0.4 is 0 Å². The van der Waals surface area contributed by atoms with Crippen LogP contribution in [-0.2, 0) is 27.9 Å². The van der Waals surface area contributed by atoms with E-state index in [1.807, 2.05) is 12.1 Å². The fourth-order valence-electron chi connectivity index (χ4n) is 3.60. The van der Waals surface area contributed by atoms with Crippen LogP contribution in [0.2, 0.25) is 0 Å². The first kappa shape index (κ1) is 17.6. The Labute approximate surface area is 153 Å². The molecule has 0 saturated carbocycles. The number of pyridine rings is 1. The molecule has 1 saturated heterocycles. The van der Waals surface area contributed by atoms with Gasteiger partial charge in [-0.3, -0.25) is 4.98 Å². The first-order valence-electron chi connectivity index (χ1n) is 8.74. The summed E-state index contributed by atoms with van der Waals surface area (Å²) in [6.07, 6.45) is 5.59. The summed E-state index contributed by atoms with van der Waals surface area (Å²) in [6, 6.07) is 3.60. The maximum Gasteiger partial charge on any atom is 0.282 e. The fraction of sp³-hybridized carbons (Fsp3) is 0.529. The standard InChI is InChI=1S/C17H22N4O4S/c1-24-12-14-5-3-8-21(14)26(22,23)20-9-6-16-15(11-20)19-17(25-16)13-4-2-7-18-10-13/h2,4,7,10,14H,3,5-6,8-9,11-12H2,1H3. The van der Waals surface area contributed by atoms with Crippen LogP contribution in [0.25, 0.3) is 11.5 Å². The van der Waals surface area contributed by atoms with Crippen LogP contribution in [-0.4, -0.2) is 59.8 Å². The largest absolute Gasteiger partial charge is 0.441 e. The van der Waals surface area contributed by atoms with Gasteiger partial charge in [0.05, 0.1) is 24.4 Å². The minimum atomic E-state index is -3.54. The fourth-order valence-corrected chi connectivity index (χ4v) is 5.41. The molecule has 2 aliphatic rings. The summed E-state index contributed by atoms with van der Waals surface area (Å²) < 4.78 is 40.3. The Morgan fingerprint density at radius 3 is 3.04 bits per heavy atom. The SMILES string of the molecule is COCC1CCCN1S(=O)(=O)N1CCc2oc(-c3cccnc3)nc2C1. The second-order valence-corrected chi connectivity index (χ2v) is 8.47. The molecule has 8 nitrogen and oxygen atoms in total. The molecule has 26 heavy (non-hydrogen) atoms. The normalized spacial score (nSPS) is 21.8. The summed E-state index contributed by atoms with van der Waals surface area (Å²) in [5.41, 5.74) is 1.47. The predicted molar refractivity (Wildman–Crippen MR) is 94.4 cm³/mol. The quantitative estimate of drug-likeness (QED) is 0.782. The Morgan fingerprint density at radius 1 is 1.38 bits per heavy atom. The van der Waals surface area contributed by atoms with Crippen molar-refractivity contribution in [1.29, 1.82) is 0 Å². The maximum atomic E-state index is 13.1. The van der Waals surface area contributed by atoms with Gasteiger partial charge in [-0.15, -0.1) is 0 Å². The van der Waals surface area contributed by atoms with Gasteiger partial charge in [-0.2, -0.15) is 17.0 Å². The van der Waals surface area contributed by atoms with Crippen molar-refractivity contribution in [3.8, 4) is 11.5 Å². The Morgan fingerprint density at radius 2 is 2.27 bits per heavy atom. The van der Waals surface area contributed by atoms with Crippen molar-refractivity contribution >= 4 is 10.2 Å². The molecule has 2 aromatic heterocycles. The molecule has 1 atom stereocenters. The number of nitrogens with zero attached hydrogens (tertiary/aromatic N) is 4. The number of hydrogen-bond donors (Lipinski definition) is 0. The molecule has 1 unspecified atom stereocenters. The van der Waals surface area contributed by atoms with Crippen LogP contribution >= 0.6 is 0 Å². The second kappa shape index (κ2) is 7.07. The number of oxazole rings is 1. The van der Waals surface area contributed by atoms with Crippen molar-refractivity contribution < 1.29 is 17.6 Å². The average molecular weight is 378 g/mol. The van der Waals surface area contributed by atoms with E-state index in [2.05, 4.69) is 9.97 Å². The van der Waals surface area contributed by atoms with Gasteiger partial charge in [-0.25, -0.2) is 4.98 Å². The van der Waals surface area contributed by atoms with Gasteiger partial charge in [0, 0.05) is 45.1 Å². The van der Waals surface area contributed by atoms with E-state index >= 15 is 0 Å². The van der Waals surface area contributed by atoms with E-state index in [0.717, 1.165) is 24.2 Å². The molecule has 0 radical (unpaired) electrons. The molecule has 140 valence electrons. The lowest BCUT2D eigenvalue weighted by Gasteiger charge is -2.32. The van der Waals surface area contributed by atoms with Crippen LogP contribution in [0.5, 0.6) is 0 Å². The Hall–Kier alpha value is -1.81. The van der Waals surface area contributed by atoms with Gasteiger partial charge in [-0.05, 0) is 25.0 Å². The molecule has 1 fully saturated rings. The number of rotatable bonds is 5. The molecule has 0 N–H and O–H groups in total. The maximum absolute atomic E-state index is 13.1. The van der Waals surface area contributed by atoms with E-state index in [-0.39, 0.29) is 12.6 Å². The van der Waals surface area contributed by atoms with E-state index in [1.165, 1.54) is 4.31 Å². The van der Waals surface area contributed by atoms with Gasteiger partial charge >= 0.3 is 0 Å². The smallest absolute Gasteiger partial charge is 0.282 e. The topological polar surface area (TPSA) is 88.8 Å². The van der Waals surface area contributed by atoms with Crippen molar-refractivity contribution in [2.75, 3.05) is 26.8 Å². The van der Waals surface area contributed by atoms with Gasteiger partial charge in [0.25, 0.3) is 10.2 Å². The van der Waals surface area contributed by atoms with E-state index in [4.69, 9.17) is 9.15 Å². The minimum Gasteiger partial charge on any atom is -0.441 e. The molecule has 4 rings (SSSR count). The zero-order chi connectivity index (χ0) is 18.1. The van der Waals surface area contributed by atoms with Gasteiger partial charge < -0.3 is 9.15 Å². The highest BCUT2D eigenvalue weighted by Crippen LogP contribution is 2.30. The molecular formula is C17H22N4O4S. The minimum absolute atomic E-state index is 0.0883. The lowest BCUT2D eigenvalue weighted by Crippen LogP contribution is -2.48. The highest BCUT2D eigenvalue weighted by molar-refractivity contribution is 7.86. The van der Waals surface area contributed by atoms with Gasteiger partial charge in [0.1, 0.15) is 5.76 Å². The predicted octanol–water partition coefficient (Wildman–Crippen LogP) is 1.45. The molecule has 4 heterocycles. The van der Waals surface area contributed by atoms with E-state index in [1.54, 1.807) is 23.8 Å². The highest BCUT2D eigenvalue weighted by atomic mass is 32.2. The van der Waals surface area contributed by atoms with Crippen molar-refractivity contribution in [3.05, 3.63) is 36.0 Å². The van der Waals surface area contributed by atoms with Crippen molar-refractivity contribution in [3.63, 3.8) is 0 Å². The summed E-state index contributed by atoms with van der Waals surface area (Å²) in [6.45, 7) is 1.59. The first-order chi connectivity index (χ1) is 12.6. The number of fused-ring (bicyclic) bond motifs is 1. The van der Waals surface area contributed by atoms with Crippen LogP contribution in [0.15, 0.2) is 28.9 Å². The van der Waals surface area contributed by atoms with Crippen LogP contribution in [0.3, 0.4) is 0 Å². The highest BCUT2D eigenvalue weighted by Gasteiger charge is 2.40. The van der Waals surface area contributed by atoms with E-state index < -0.39 is 10.2 Å². The first-order valence-corrected chi connectivity index (χ1v) is 10.1. The van der Waals surface area contributed by atoms with E-state index in [9.17, 15) is 8.42 Å². The Balaban J connectivity index is 1.55. The number of hydrogen-bond acceptors (Lipinski definition) is 6. The van der Waals surface area contributed by atoms with Crippen molar-refractivity contribution in [2.45, 2.75) is 31.8 Å². The molecule has 2 aliphatic heterocycles. The number of ether oxygens (including phenoxy) is 1. The number of methoxy groups -OCH3 is 1. The van der Waals surface area contributed by atoms with Gasteiger partial charge in [-0.1, -0.05) is 0 Å². The summed E-state index contributed by atoms with van der Waals surface area (Å²) >= 11 is 0. The number of aromatic nitrogens is 2. The van der Waals surface area contributed by atoms with Crippen LogP contribution in [0, 0.1) is 0 Å². The lowest BCUT2D eigenvalue weighted by atomic mass is 10.2. The van der Waals surface area contributed by atoms with Crippen LogP contribution in [0.4, 0.5) is 0 Å². The van der Waals surface area contributed by atoms with Crippen LogP contribution in [0.1, 0.15) is 24.3 Å². The molecule has 0 aromatic carbocycles. The zero-order valence-corrected chi connectivity index (χ0v) is 15.5. The molecule has 0 amide bonds. The summed E-state index contributed by atoms with van der Waals surface area (Å²) in [7, 11) is -1.94. The molecule has 0 bridgehead atoms. The third-order valence-corrected chi connectivity index (χ3v) is 6.94. The summed E-state index contributed by atoms with van der Waals surface area (Å²) in [4.78, 5) is 8.59. The monoisotopic (exact) mass is 378 g/mol. The summed E-state index contributed by atoms with van der Waals surface area (Å²) in [5, 5.41) is 0. The molecule has 0 aliphatic carbocycles. The Kier molecular flexibility index (Phi) is 4.78. The van der Waals surface area contributed by atoms with Gasteiger partial charge in [0.15, 0.2) is 0 Å². The average Bonchev–Trinajstić information content (AvgIpc) is 3.29. The Bertz CT molecular complexity index is 868. The zero-order valence-electron chi connectivity index (χ0n) is 14.7. The molecule has 0 spiro atoms. The third-order valence-electron chi connectivity index (χ3n) is 4.91. The lowest BCUT2D eigenvalue weighted by molar-refractivity contribution is 0.145. The van der Waals surface area contributed by atoms with Gasteiger partial charge in [0.2, 0.25) is 5.89 Å². The molecular weight excluding hydrogens is 356 g/mol.